The Bertz CT molecular complexity index is 422. The van der Waals surface area contributed by atoms with Crippen LogP contribution >= 0.6 is 0 Å². The summed E-state index contributed by atoms with van der Waals surface area (Å²) in [7, 11) is 1.91. The summed E-state index contributed by atoms with van der Waals surface area (Å²) in [6.45, 7) is 5.54. The SMILES string of the molecule is CCCC(CCN)CCC(=O)NCc1cn(C)nc1CC. The Morgan fingerprint density at radius 1 is 1.38 bits per heavy atom. The standard InChI is InChI=1S/C16H30N4O/c1-4-6-13(9-10-17)7-8-16(21)18-11-14-12-20(3)19-15(14)5-2/h12-13H,4-11,17H2,1-3H3,(H,18,21). The number of hydrogen-bond donors (Lipinski definition) is 2. The predicted molar refractivity (Wildman–Crippen MR) is 85.7 cm³/mol. The van der Waals surface area contributed by atoms with Crippen molar-refractivity contribution in [1.82, 2.24) is 15.1 Å². The summed E-state index contributed by atoms with van der Waals surface area (Å²) in [6.07, 6.45) is 7.73. The van der Waals surface area contributed by atoms with Gasteiger partial charge in [-0.2, -0.15) is 5.10 Å². The van der Waals surface area contributed by atoms with E-state index in [1.807, 2.05) is 13.2 Å². The molecule has 0 saturated carbocycles. The molecule has 0 fully saturated rings. The van der Waals surface area contributed by atoms with E-state index >= 15 is 0 Å². The monoisotopic (exact) mass is 294 g/mol. The summed E-state index contributed by atoms with van der Waals surface area (Å²) in [6, 6.07) is 0. The summed E-state index contributed by atoms with van der Waals surface area (Å²) < 4.78 is 1.80. The number of carbonyl (C=O) groups excluding carboxylic acids is 1. The topological polar surface area (TPSA) is 72.9 Å². The average Bonchev–Trinajstić information content (AvgIpc) is 2.83. The molecule has 21 heavy (non-hydrogen) atoms. The quantitative estimate of drug-likeness (QED) is 0.694. The fourth-order valence-corrected chi connectivity index (χ4v) is 2.72. The summed E-state index contributed by atoms with van der Waals surface area (Å²) in [4.78, 5) is 12.0. The minimum atomic E-state index is 0.124. The van der Waals surface area contributed by atoms with Crippen LogP contribution in [0.4, 0.5) is 0 Å². The fourth-order valence-electron chi connectivity index (χ4n) is 2.72. The van der Waals surface area contributed by atoms with Crippen molar-refractivity contribution in [3.8, 4) is 0 Å². The van der Waals surface area contributed by atoms with Gasteiger partial charge in [-0.25, -0.2) is 0 Å². The van der Waals surface area contributed by atoms with Crippen LogP contribution in [0.1, 0.15) is 57.2 Å². The third kappa shape index (κ3) is 6.29. The molecule has 0 radical (unpaired) electrons. The molecule has 1 rings (SSSR count). The van der Waals surface area contributed by atoms with Gasteiger partial charge in [0, 0.05) is 31.8 Å². The minimum absolute atomic E-state index is 0.124. The molecule has 0 spiro atoms. The van der Waals surface area contributed by atoms with E-state index in [1.54, 1.807) is 4.68 Å². The van der Waals surface area contributed by atoms with Crippen molar-refractivity contribution >= 4 is 5.91 Å². The highest BCUT2D eigenvalue weighted by atomic mass is 16.1. The molecule has 1 heterocycles. The van der Waals surface area contributed by atoms with Crippen molar-refractivity contribution in [2.75, 3.05) is 6.54 Å². The van der Waals surface area contributed by atoms with Crippen molar-refractivity contribution in [1.29, 1.82) is 0 Å². The van der Waals surface area contributed by atoms with E-state index in [1.165, 1.54) is 0 Å². The molecule has 3 N–H and O–H groups in total. The molecule has 0 bridgehead atoms. The highest BCUT2D eigenvalue weighted by Gasteiger charge is 2.11. The highest BCUT2D eigenvalue weighted by Crippen LogP contribution is 2.17. The van der Waals surface area contributed by atoms with Gasteiger partial charge in [0.15, 0.2) is 0 Å². The van der Waals surface area contributed by atoms with Crippen molar-refractivity contribution < 1.29 is 4.79 Å². The zero-order chi connectivity index (χ0) is 15.7. The zero-order valence-corrected chi connectivity index (χ0v) is 13.7. The number of hydrogen-bond acceptors (Lipinski definition) is 3. The second-order valence-corrected chi connectivity index (χ2v) is 5.68. The minimum Gasteiger partial charge on any atom is -0.352 e. The lowest BCUT2D eigenvalue weighted by Crippen LogP contribution is -2.24. The summed E-state index contributed by atoms with van der Waals surface area (Å²) in [5.74, 6) is 0.703. The molecule has 0 aliphatic carbocycles. The van der Waals surface area contributed by atoms with Gasteiger partial charge in [0.1, 0.15) is 0 Å². The van der Waals surface area contributed by atoms with Crippen molar-refractivity contribution in [2.24, 2.45) is 18.7 Å². The van der Waals surface area contributed by atoms with Crippen LogP contribution in [0.15, 0.2) is 6.20 Å². The van der Waals surface area contributed by atoms with Crippen LogP contribution in [0.25, 0.3) is 0 Å². The van der Waals surface area contributed by atoms with E-state index < -0.39 is 0 Å². The third-order valence-electron chi connectivity index (χ3n) is 3.85. The van der Waals surface area contributed by atoms with Crippen LogP contribution in [0, 0.1) is 5.92 Å². The number of amides is 1. The predicted octanol–water partition coefficient (Wildman–Crippen LogP) is 2.14. The number of nitrogens with two attached hydrogens (primary N) is 1. The molecule has 1 amide bonds. The Morgan fingerprint density at radius 3 is 2.76 bits per heavy atom. The van der Waals surface area contributed by atoms with E-state index in [0.29, 0.717) is 25.4 Å². The van der Waals surface area contributed by atoms with Gasteiger partial charge in [0.2, 0.25) is 5.91 Å². The van der Waals surface area contributed by atoms with Gasteiger partial charge < -0.3 is 11.1 Å². The Kier molecular flexibility index (Phi) is 8.05. The normalized spacial score (nSPS) is 12.4. The van der Waals surface area contributed by atoms with Gasteiger partial charge in [-0.15, -0.1) is 0 Å². The Labute approximate surface area is 128 Å². The third-order valence-corrected chi connectivity index (χ3v) is 3.85. The molecule has 0 aromatic carbocycles. The Morgan fingerprint density at radius 2 is 2.14 bits per heavy atom. The van der Waals surface area contributed by atoms with Gasteiger partial charge in [0.05, 0.1) is 5.69 Å². The van der Waals surface area contributed by atoms with Crippen molar-refractivity contribution in [3.05, 3.63) is 17.5 Å². The van der Waals surface area contributed by atoms with Crippen LogP contribution in [0.3, 0.4) is 0 Å². The second-order valence-electron chi connectivity index (χ2n) is 5.68. The van der Waals surface area contributed by atoms with Crippen LogP contribution in [-0.2, 0) is 24.8 Å². The number of aromatic nitrogens is 2. The molecule has 0 aliphatic heterocycles. The summed E-state index contributed by atoms with van der Waals surface area (Å²) in [5, 5.41) is 7.38. The maximum absolute atomic E-state index is 12.0. The number of rotatable bonds is 10. The molecule has 0 saturated heterocycles. The lowest BCUT2D eigenvalue weighted by molar-refractivity contribution is -0.121. The van der Waals surface area contributed by atoms with E-state index in [-0.39, 0.29) is 5.91 Å². The molecule has 120 valence electrons. The van der Waals surface area contributed by atoms with E-state index in [0.717, 1.165) is 43.4 Å². The van der Waals surface area contributed by atoms with Gasteiger partial charge in [-0.05, 0) is 31.7 Å². The van der Waals surface area contributed by atoms with Crippen LogP contribution < -0.4 is 11.1 Å². The first-order chi connectivity index (χ1) is 10.1. The van der Waals surface area contributed by atoms with Gasteiger partial charge in [-0.1, -0.05) is 26.7 Å². The molecular formula is C16H30N4O. The lowest BCUT2D eigenvalue weighted by atomic mass is 9.94. The molecule has 5 nitrogen and oxygen atoms in total. The highest BCUT2D eigenvalue weighted by molar-refractivity contribution is 5.75. The van der Waals surface area contributed by atoms with Crippen molar-refractivity contribution in [2.45, 2.75) is 58.9 Å². The molecule has 0 aliphatic rings. The van der Waals surface area contributed by atoms with Gasteiger partial charge >= 0.3 is 0 Å². The molecular weight excluding hydrogens is 264 g/mol. The molecule has 1 atom stereocenters. The first kappa shape index (κ1) is 17.7. The molecule has 5 heteroatoms. The van der Waals surface area contributed by atoms with Crippen molar-refractivity contribution in [3.63, 3.8) is 0 Å². The molecule has 1 aromatic rings. The molecule has 1 aromatic heterocycles. The molecule has 1 unspecified atom stereocenters. The maximum atomic E-state index is 12.0. The van der Waals surface area contributed by atoms with Gasteiger partial charge in [-0.3, -0.25) is 9.48 Å². The van der Waals surface area contributed by atoms with Crippen LogP contribution in [0.5, 0.6) is 0 Å². The average molecular weight is 294 g/mol. The fraction of sp³-hybridized carbons (Fsp3) is 0.750. The largest absolute Gasteiger partial charge is 0.352 e. The number of aryl methyl sites for hydroxylation is 2. The Balaban J connectivity index is 2.36. The lowest BCUT2D eigenvalue weighted by Gasteiger charge is -2.14. The summed E-state index contributed by atoms with van der Waals surface area (Å²) >= 11 is 0. The smallest absolute Gasteiger partial charge is 0.220 e. The Hall–Kier alpha value is -1.36. The maximum Gasteiger partial charge on any atom is 0.220 e. The van der Waals surface area contributed by atoms with Gasteiger partial charge in [0.25, 0.3) is 0 Å². The van der Waals surface area contributed by atoms with E-state index in [4.69, 9.17) is 5.73 Å². The van der Waals surface area contributed by atoms with E-state index in [9.17, 15) is 4.79 Å². The first-order valence-corrected chi connectivity index (χ1v) is 8.08. The first-order valence-electron chi connectivity index (χ1n) is 8.08. The summed E-state index contributed by atoms with van der Waals surface area (Å²) in [5.41, 5.74) is 7.80. The second kappa shape index (κ2) is 9.55. The number of carbonyl (C=O) groups is 1. The number of nitrogens with zero attached hydrogens (tertiary/aromatic N) is 2. The van der Waals surface area contributed by atoms with E-state index in [2.05, 4.69) is 24.3 Å². The number of nitrogens with one attached hydrogen (secondary N) is 1. The van der Waals surface area contributed by atoms with Crippen LogP contribution in [-0.4, -0.2) is 22.2 Å². The van der Waals surface area contributed by atoms with Crippen LogP contribution in [0.2, 0.25) is 0 Å². The zero-order valence-electron chi connectivity index (χ0n) is 13.7.